The lowest BCUT2D eigenvalue weighted by molar-refractivity contribution is 0.487. The molecule has 0 saturated heterocycles. The van der Waals surface area contributed by atoms with Gasteiger partial charge in [0.1, 0.15) is 11.5 Å². The second-order valence-corrected chi connectivity index (χ2v) is 20.7. The van der Waals surface area contributed by atoms with E-state index in [0.717, 1.165) is 17.2 Å². The van der Waals surface area contributed by atoms with Crippen LogP contribution in [0.5, 0.6) is 11.5 Å². The summed E-state index contributed by atoms with van der Waals surface area (Å²) >= 11 is 0. The topological polar surface area (TPSA) is 12.5 Å². The van der Waals surface area contributed by atoms with Crippen LogP contribution in [0.3, 0.4) is 0 Å². The summed E-state index contributed by atoms with van der Waals surface area (Å²) in [4.78, 5) is 2.54. The molecule has 57 heavy (non-hydrogen) atoms. The van der Waals surface area contributed by atoms with Crippen LogP contribution < -0.4 is 46.8 Å². The van der Waals surface area contributed by atoms with Crippen LogP contribution in [0.1, 0.15) is 31.9 Å². The smallest absolute Gasteiger partial charge is 0.256 e. The van der Waals surface area contributed by atoms with Crippen molar-refractivity contribution in [2.24, 2.45) is 0 Å². The number of anilines is 3. The Morgan fingerprint density at radius 3 is 1.84 bits per heavy atom. The average molecular weight is 748 g/mol. The Kier molecular flexibility index (Phi) is 7.49. The van der Waals surface area contributed by atoms with Crippen molar-refractivity contribution in [2.45, 2.75) is 33.1 Å². The summed E-state index contributed by atoms with van der Waals surface area (Å²) in [5.41, 5.74) is 15.0. The van der Waals surface area contributed by atoms with Crippen molar-refractivity contribution in [3.05, 3.63) is 193 Å². The summed E-state index contributed by atoms with van der Waals surface area (Å²) in [7, 11) is -2.76. The van der Waals surface area contributed by atoms with E-state index in [4.69, 9.17) is 4.74 Å². The SMILES string of the molecule is Cc1cc2c3c(c1)N(c1ccc(C(C)(C)C)cc1)c1cc4c(cc1B3c1cc(-c3ccccc3)ccc1O2)-c1ccccc1[Si]4(c1ccccc1)c1ccccc1. The van der Waals surface area contributed by atoms with Gasteiger partial charge in [0.15, 0.2) is 8.07 Å². The standard InChI is InChI=1S/C53H42BNOSi/c1-35-30-47-52-49(31-35)56-48-29-24-37(36-16-8-5-9-17-36)32-45(48)54(52)44-33-43-42-22-14-15-23-50(42)57(40-18-10-6-11-19-40,41-20-12-7-13-21-41)51(43)34-46(44)55(47)39-27-25-38(26-28-39)53(2,3)4/h5-34H,1-4H3. The molecule has 3 aliphatic heterocycles. The first-order valence-corrected chi connectivity index (χ1v) is 22.1. The zero-order chi connectivity index (χ0) is 38.5. The molecular formula is C53H42BNOSi. The van der Waals surface area contributed by atoms with Crippen LogP contribution in [0, 0.1) is 6.92 Å². The molecule has 0 fully saturated rings. The third-order valence-corrected chi connectivity index (χ3v) is 17.5. The predicted molar refractivity (Wildman–Crippen MR) is 244 cm³/mol. The van der Waals surface area contributed by atoms with Crippen LogP contribution in [0.2, 0.25) is 0 Å². The minimum Gasteiger partial charge on any atom is -0.458 e. The maximum Gasteiger partial charge on any atom is 0.256 e. The molecule has 11 rings (SSSR count). The summed E-state index contributed by atoms with van der Waals surface area (Å²) < 4.78 is 6.94. The molecule has 0 N–H and O–H groups in total. The lowest BCUT2D eigenvalue weighted by atomic mass is 9.34. The highest BCUT2D eigenvalue weighted by Gasteiger charge is 2.51. The van der Waals surface area contributed by atoms with E-state index in [2.05, 4.69) is 215 Å². The van der Waals surface area contributed by atoms with Gasteiger partial charge in [-0.1, -0.05) is 166 Å². The van der Waals surface area contributed by atoms with E-state index >= 15 is 0 Å². The van der Waals surface area contributed by atoms with Gasteiger partial charge >= 0.3 is 0 Å². The highest BCUT2D eigenvalue weighted by Crippen LogP contribution is 2.43. The fourth-order valence-corrected chi connectivity index (χ4v) is 15.2. The summed E-state index contributed by atoms with van der Waals surface area (Å²) in [5, 5.41) is 5.70. The second-order valence-electron chi connectivity index (χ2n) is 17.0. The van der Waals surface area contributed by atoms with Gasteiger partial charge in [0.2, 0.25) is 0 Å². The Morgan fingerprint density at radius 1 is 0.509 bits per heavy atom. The van der Waals surface area contributed by atoms with E-state index in [0.29, 0.717) is 0 Å². The molecular weight excluding hydrogens is 705 g/mol. The van der Waals surface area contributed by atoms with Gasteiger partial charge in [-0.25, -0.2) is 0 Å². The molecule has 0 aliphatic carbocycles. The summed E-state index contributed by atoms with van der Waals surface area (Å²) in [6, 6.07) is 68.5. The largest absolute Gasteiger partial charge is 0.458 e. The predicted octanol–water partition coefficient (Wildman–Crippen LogP) is 8.72. The van der Waals surface area contributed by atoms with Crippen molar-refractivity contribution >= 4 is 69.0 Å². The first-order chi connectivity index (χ1) is 27.8. The Bertz CT molecular complexity index is 2820. The normalized spacial score (nSPS) is 14.2. The van der Waals surface area contributed by atoms with Gasteiger partial charge in [-0.3, -0.25) is 0 Å². The van der Waals surface area contributed by atoms with Crippen molar-refractivity contribution in [1.29, 1.82) is 0 Å². The number of aryl methyl sites for hydroxylation is 1. The van der Waals surface area contributed by atoms with Crippen molar-refractivity contribution in [1.82, 2.24) is 0 Å². The third kappa shape index (κ3) is 5.03. The first kappa shape index (κ1) is 33.9. The van der Waals surface area contributed by atoms with Gasteiger partial charge in [0, 0.05) is 17.1 Å². The zero-order valence-electron chi connectivity index (χ0n) is 32.8. The molecule has 0 bridgehead atoms. The molecule has 0 amide bonds. The molecule has 0 spiro atoms. The van der Waals surface area contributed by atoms with Crippen LogP contribution in [-0.2, 0) is 5.41 Å². The second kappa shape index (κ2) is 12.6. The van der Waals surface area contributed by atoms with E-state index in [1.165, 1.54) is 81.9 Å². The van der Waals surface area contributed by atoms with E-state index < -0.39 is 8.07 Å². The Balaban J connectivity index is 1.26. The van der Waals surface area contributed by atoms with Crippen molar-refractivity contribution in [3.8, 4) is 33.8 Å². The van der Waals surface area contributed by atoms with Gasteiger partial charge < -0.3 is 9.64 Å². The van der Waals surface area contributed by atoms with Crippen LogP contribution in [0.4, 0.5) is 17.1 Å². The number of ether oxygens (including phenoxy) is 1. The monoisotopic (exact) mass is 747 g/mol. The van der Waals surface area contributed by atoms with Crippen molar-refractivity contribution in [2.75, 3.05) is 4.90 Å². The van der Waals surface area contributed by atoms with Gasteiger partial charge in [-0.05, 0) is 119 Å². The quantitative estimate of drug-likeness (QED) is 0.167. The summed E-state index contributed by atoms with van der Waals surface area (Å²) in [6.45, 7) is 9.04. The van der Waals surface area contributed by atoms with Crippen molar-refractivity contribution < 1.29 is 4.74 Å². The molecule has 272 valence electrons. The fraction of sp³-hybridized carbons (Fsp3) is 0.0943. The summed E-state index contributed by atoms with van der Waals surface area (Å²) in [6.07, 6.45) is 0. The molecule has 3 heterocycles. The van der Waals surface area contributed by atoms with Crippen LogP contribution in [-0.4, -0.2) is 14.8 Å². The molecule has 0 radical (unpaired) electrons. The Morgan fingerprint density at radius 2 is 1.16 bits per heavy atom. The van der Waals surface area contributed by atoms with E-state index in [-0.39, 0.29) is 12.1 Å². The molecule has 0 atom stereocenters. The van der Waals surface area contributed by atoms with Gasteiger partial charge in [-0.2, -0.15) is 0 Å². The van der Waals surface area contributed by atoms with Crippen LogP contribution >= 0.6 is 0 Å². The van der Waals surface area contributed by atoms with Gasteiger partial charge in [-0.15, -0.1) is 0 Å². The number of hydrogen-bond donors (Lipinski definition) is 0. The zero-order valence-corrected chi connectivity index (χ0v) is 33.8. The Hall–Kier alpha value is -6.36. The minimum absolute atomic E-state index is 0.0225. The number of benzene rings is 8. The van der Waals surface area contributed by atoms with E-state index in [1.54, 1.807) is 0 Å². The number of fused-ring (bicyclic) bond motifs is 7. The summed E-state index contributed by atoms with van der Waals surface area (Å²) in [5.74, 6) is 1.87. The van der Waals surface area contributed by atoms with E-state index in [1.807, 2.05) is 0 Å². The highest BCUT2D eigenvalue weighted by molar-refractivity contribution is 7.22. The third-order valence-electron chi connectivity index (χ3n) is 12.6. The van der Waals surface area contributed by atoms with Gasteiger partial charge in [0.25, 0.3) is 6.71 Å². The molecule has 8 aromatic rings. The number of nitrogens with zero attached hydrogens (tertiary/aromatic N) is 1. The molecule has 0 aromatic heterocycles. The van der Waals surface area contributed by atoms with Crippen LogP contribution in [0.15, 0.2) is 182 Å². The molecule has 4 heteroatoms. The van der Waals surface area contributed by atoms with Gasteiger partial charge in [0.05, 0.1) is 0 Å². The molecule has 0 unspecified atom stereocenters. The maximum absolute atomic E-state index is 6.94. The molecule has 3 aliphatic rings. The maximum atomic E-state index is 6.94. The lowest BCUT2D eigenvalue weighted by Gasteiger charge is -2.41. The van der Waals surface area contributed by atoms with Crippen LogP contribution in [0.25, 0.3) is 22.3 Å². The fourth-order valence-electron chi connectivity index (χ4n) is 10.0. The first-order valence-electron chi connectivity index (χ1n) is 20.1. The molecule has 2 nitrogen and oxygen atoms in total. The number of hydrogen-bond acceptors (Lipinski definition) is 2. The highest BCUT2D eigenvalue weighted by atomic mass is 28.3. The minimum atomic E-state index is -2.76. The lowest BCUT2D eigenvalue weighted by Crippen LogP contribution is -2.73. The average Bonchev–Trinajstić information content (AvgIpc) is 3.53. The van der Waals surface area contributed by atoms with E-state index in [9.17, 15) is 0 Å². The Labute approximate surface area is 337 Å². The molecule has 8 aromatic carbocycles. The number of rotatable bonds is 4. The molecule has 0 saturated carbocycles. The van der Waals surface area contributed by atoms with Crippen molar-refractivity contribution in [3.63, 3.8) is 0 Å².